The van der Waals surface area contributed by atoms with E-state index in [0.29, 0.717) is 5.69 Å². The van der Waals surface area contributed by atoms with Gasteiger partial charge in [-0.25, -0.2) is 0 Å². The van der Waals surface area contributed by atoms with Crippen molar-refractivity contribution in [1.29, 1.82) is 0 Å². The number of carbonyl (C=O) groups excluding carboxylic acids is 1. The van der Waals surface area contributed by atoms with Crippen LogP contribution in [0, 0.1) is 0 Å². The van der Waals surface area contributed by atoms with Crippen LogP contribution in [0.3, 0.4) is 0 Å². The van der Waals surface area contributed by atoms with Gasteiger partial charge in [0.1, 0.15) is 0 Å². The minimum atomic E-state index is 0.132. The minimum absolute atomic E-state index is 0.132. The summed E-state index contributed by atoms with van der Waals surface area (Å²) in [5.41, 5.74) is 0.612. The Morgan fingerprint density at radius 1 is 1.36 bits per heavy atom. The van der Waals surface area contributed by atoms with Crippen molar-refractivity contribution in [2.45, 2.75) is 0 Å². The molecular formula is C8H5NOSe. The van der Waals surface area contributed by atoms with Crippen LogP contribution >= 0.6 is 0 Å². The third-order valence-electron chi connectivity index (χ3n) is 1.52. The fourth-order valence-corrected chi connectivity index (χ4v) is 2.56. The molecule has 0 amide bonds. The summed E-state index contributed by atoms with van der Waals surface area (Å²) < 4.78 is 5.34. The van der Waals surface area contributed by atoms with Crippen LogP contribution < -0.4 is 0 Å². The van der Waals surface area contributed by atoms with E-state index in [4.69, 9.17) is 0 Å². The summed E-state index contributed by atoms with van der Waals surface area (Å²) in [6, 6.07) is 7.87. The molecule has 1 aromatic heterocycles. The molecule has 54 valence electrons. The van der Waals surface area contributed by atoms with Gasteiger partial charge >= 0.3 is 69.4 Å². The van der Waals surface area contributed by atoms with Crippen molar-refractivity contribution in [3.05, 3.63) is 30.0 Å². The SMILES string of the molecule is O=Cc1n[se]c2ccccc12. The first kappa shape index (κ1) is 6.77. The van der Waals surface area contributed by atoms with Crippen LogP contribution in [0.15, 0.2) is 24.3 Å². The maximum absolute atomic E-state index is 10.4. The number of hydrogen-bond acceptors (Lipinski definition) is 2. The van der Waals surface area contributed by atoms with Crippen LogP contribution in [0.4, 0.5) is 0 Å². The predicted molar refractivity (Wildman–Crippen MR) is 44.1 cm³/mol. The molecule has 0 saturated carbocycles. The van der Waals surface area contributed by atoms with Crippen LogP contribution in [0.25, 0.3) is 9.65 Å². The van der Waals surface area contributed by atoms with Crippen molar-refractivity contribution in [3.63, 3.8) is 0 Å². The molecule has 2 rings (SSSR count). The number of hydrogen-bond donors (Lipinski definition) is 0. The zero-order valence-corrected chi connectivity index (χ0v) is 7.36. The summed E-state index contributed by atoms with van der Waals surface area (Å²) in [5, 5.41) is 1.02. The fourth-order valence-electron chi connectivity index (χ4n) is 0.990. The fraction of sp³-hybridized carbons (Fsp3) is 0. The summed E-state index contributed by atoms with van der Waals surface area (Å²) in [6.45, 7) is 0. The van der Waals surface area contributed by atoms with Gasteiger partial charge in [0.05, 0.1) is 0 Å². The van der Waals surface area contributed by atoms with E-state index in [1.54, 1.807) is 0 Å². The van der Waals surface area contributed by atoms with Gasteiger partial charge < -0.3 is 0 Å². The first-order valence-electron chi connectivity index (χ1n) is 3.21. The molecule has 0 bridgehead atoms. The van der Waals surface area contributed by atoms with E-state index in [-0.39, 0.29) is 14.7 Å². The molecular weight excluding hydrogens is 205 g/mol. The average molecular weight is 210 g/mol. The van der Waals surface area contributed by atoms with Crippen molar-refractivity contribution in [2.75, 3.05) is 0 Å². The molecule has 11 heavy (non-hydrogen) atoms. The van der Waals surface area contributed by atoms with E-state index in [2.05, 4.69) is 3.98 Å². The van der Waals surface area contributed by atoms with Crippen molar-refractivity contribution in [3.8, 4) is 0 Å². The molecule has 2 nitrogen and oxygen atoms in total. The third-order valence-corrected chi connectivity index (χ3v) is 3.28. The van der Waals surface area contributed by atoms with Crippen LogP contribution in [0.5, 0.6) is 0 Å². The summed E-state index contributed by atoms with van der Waals surface area (Å²) in [6.07, 6.45) is 0.827. The van der Waals surface area contributed by atoms with Crippen molar-refractivity contribution >= 4 is 30.7 Å². The molecule has 0 unspecified atom stereocenters. The summed E-state index contributed by atoms with van der Waals surface area (Å²) in [5.74, 6) is 0. The molecule has 0 aliphatic rings. The summed E-state index contributed by atoms with van der Waals surface area (Å²) in [7, 11) is 0. The normalized spacial score (nSPS) is 10.2. The molecule has 0 spiro atoms. The Morgan fingerprint density at radius 2 is 2.18 bits per heavy atom. The number of carbonyl (C=O) groups is 1. The molecule has 3 heteroatoms. The van der Waals surface area contributed by atoms with Crippen LogP contribution in [0.2, 0.25) is 0 Å². The molecule has 2 aromatic rings. The van der Waals surface area contributed by atoms with E-state index in [1.807, 2.05) is 24.3 Å². The van der Waals surface area contributed by atoms with Crippen LogP contribution in [-0.2, 0) is 0 Å². The Morgan fingerprint density at radius 3 is 3.00 bits per heavy atom. The standard InChI is InChI=1S/C8H5NOSe/c10-5-7-6-3-1-2-4-8(6)11-9-7/h1-5H. The first-order chi connectivity index (χ1) is 5.42. The first-order valence-corrected chi connectivity index (χ1v) is 4.83. The van der Waals surface area contributed by atoms with Gasteiger partial charge in [-0.05, 0) is 0 Å². The zero-order chi connectivity index (χ0) is 7.68. The average Bonchev–Trinajstić information content (AvgIpc) is 2.47. The zero-order valence-electron chi connectivity index (χ0n) is 5.65. The number of aldehydes is 1. The van der Waals surface area contributed by atoms with Crippen LogP contribution in [0.1, 0.15) is 10.5 Å². The Kier molecular flexibility index (Phi) is 1.60. The molecule has 0 radical (unpaired) electrons. The second-order valence-corrected chi connectivity index (χ2v) is 3.87. The van der Waals surface area contributed by atoms with Gasteiger partial charge in [0.25, 0.3) is 0 Å². The second kappa shape index (κ2) is 2.61. The van der Waals surface area contributed by atoms with Gasteiger partial charge in [-0.1, -0.05) is 0 Å². The predicted octanol–water partition coefficient (Wildman–Crippen LogP) is 1.10. The molecule has 0 atom stereocenters. The molecule has 1 heterocycles. The van der Waals surface area contributed by atoms with Crippen LogP contribution in [-0.4, -0.2) is 25.0 Å². The number of nitrogens with zero attached hydrogens (tertiary/aromatic N) is 1. The summed E-state index contributed by atoms with van der Waals surface area (Å²) in [4.78, 5) is 10.4. The van der Waals surface area contributed by atoms with Crippen molar-refractivity contribution in [2.24, 2.45) is 0 Å². The van der Waals surface area contributed by atoms with Crippen molar-refractivity contribution < 1.29 is 4.79 Å². The van der Waals surface area contributed by atoms with E-state index >= 15 is 0 Å². The second-order valence-electron chi connectivity index (χ2n) is 2.18. The Hall–Kier alpha value is -0.921. The Balaban J connectivity index is 2.86. The van der Waals surface area contributed by atoms with Gasteiger partial charge in [-0.2, -0.15) is 0 Å². The molecule has 0 saturated heterocycles. The Bertz CT molecular complexity index is 394. The van der Waals surface area contributed by atoms with E-state index in [0.717, 1.165) is 11.7 Å². The number of fused-ring (bicyclic) bond motifs is 1. The molecule has 0 aliphatic heterocycles. The molecule has 0 N–H and O–H groups in total. The van der Waals surface area contributed by atoms with Crippen molar-refractivity contribution in [1.82, 2.24) is 3.98 Å². The quantitative estimate of drug-likeness (QED) is 0.521. The van der Waals surface area contributed by atoms with Gasteiger partial charge in [-0.15, -0.1) is 0 Å². The summed E-state index contributed by atoms with van der Waals surface area (Å²) >= 11 is 0.132. The number of aromatic nitrogens is 1. The molecule has 0 aliphatic carbocycles. The Labute approximate surface area is 69.8 Å². The number of benzene rings is 1. The topological polar surface area (TPSA) is 30.0 Å². The number of rotatable bonds is 1. The maximum atomic E-state index is 10.4. The van der Waals surface area contributed by atoms with Gasteiger partial charge in [-0.3, -0.25) is 0 Å². The molecule has 1 aromatic carbocycles. The molecule has 0 fully saturated rings. The van der Waals surface area contributed by atoms with E-state index in [1.165, 1.54) is 4.26 Å². The van der Waals surface area contributed by atoms with E-state index < -0.39 is 0 Å². The van der Waals surface area contributed by atoms with Gasteiger partial charge in [0.15, 0.2) is 0 Å². The monoisotopic (exact) mass is 211 g/mol. The van der Waals surface area contributed by atoms with Gasteiger partial charge in [0.2, 0.25) is 0 Å². The van der Waals surface area contributed by atoms with E-state index in [9.17, 15) is 4.79 Å². The van der Waals surface area contributed by atoms with Gasteiger partial charge in [0, 0.05) is 0 Å². The third kappa shape index (κ3) is 1.02.